The Bertz CT molecular complexity index is 298. The van der Waals surface area contributed by atoms with Crippen LogP contribution < -0.4 is 4.74 Å². The number of fused-ring (bicyclic) bond motifs is 1. The highest BCUT2D eigenvalue weighted by atomic mass is 79.9. The maximum Gasteiger partial charge on any atom is 0.166 e. The molecule has 1 aromatic rings. The predicted molar refractivity (Wildman–Crippen MR) is 43.3 cm³/mol. The second kappa shape index (κ2) is 2.48. The number of ether oxygens (including phenoxy) is 1. The first kappa shape index (κ1) is 7.10. The minimum absolute atomic E-state index is 0.271. The van der Waals surface area contributed by atoms with E-state index >= 15 is 0 Å². The van der Waals surface area contributed by atoms with Crippen LogP contribution in [-0.2, 0) is 6.42 Å². The van der Waals surface area contributed by atoms with Crippen molar-refractivity contribution >= 4 is 15.9 Å². The fourth-order valence-electron chi connectivity index (χ4n) is 1.22. The summed E-state index contributed by atoms with van der Waals surface area (Å²) in [4.78, 5) is 0. The molecule has 0 aromatic heterocycles. The maximum absolute atomic E-state index is 13.0. The summed E-state index contributed by atoms with van der Waals surface area (Å²) in [5, 5.41) is 0. The topological polar surface area (TPSA) is 9.23 Å². The van der Waals surface area contributed by atoms with E-state index in [0.29, 0.717) is 12.4 Å². The van der Waals surface area contributed by atoms with Gasteiger partial charge in [-0.2, -0.15) is 0 Å². The fraction of sp³-hybridized carbons (Fsp3) is 0.250. The van der Waals surface area contributed by atoms with Gasteiger partial charge in [0.15, 0.2) is 11.6 Å². The van der Waals surface area contributed by atoms with Gasteiger partial charge in [0.1, 0.15) is 0 Å². The van der Waals surface area contributed by atoms with E-state index in [-0.39, 0.29) is 5.82 Å². The van der Waals surface area contributed by atoms with Crippen LogP contribution in [0.2, 0.25) is 0 Å². The molecule has 0 spiro atoms. The van der Waals surface area contributed by atoms with Crippen LogP contribution in [0.4, 0.5) is 4.39 Å². The van der Waals surface area contributed by atoms with Crippen molar-refractivity contribution in [1.29, 1.82) is 0 Å². The van der Waals surface area contributed by atoms with E-state index < -0.39 is 0 Å². The third kappa shape index (κ3) is 1.13. The van der Waals surface area contributed by atoms with E-state index in [1.54, 1.807) is 0 Å². The highest BCUT2D eigenvalue weighted by Gasteiger charge is 2.16. The molecule has 2 rings (SSSR count). The zero-order valence-corrected chi connectivity index (χ0v) is 7.32. The molecule has 3 heteroatoms. The van der Waals surface area contributed by atoms with E-state index in [4.69, 9.17) is 4.74 Å². The van der Waals surface area contributed by atoms with Gasteiger partial charge in [0.2, 0.25) is 0 Å². The summed E-state index contributed by atoms with van der Waals surface area (Å²) in [6.07, 6.45) is 0.811. The predicted octanol–water partition coefficient (Wildman–Crippen LogP) is 2.52. The summed E-state index contributed by atoms with van der Waals surface area (Å²) >= 11 is 3.22. The Labute approximate surface area is 72.3 Å². The number of halogens is 2. The number of benzene rings is 1. The van der Waals surface area contributed by atoms with Gasteiger partial charge in [-0.1, -0.05) is 15.9 Å². The van der Waals surface area contributed by atoms with Crippen molar-refractivity contribution < 1.29 is 9.13 Å². The van der Waals surface area contributed by atoms with Crippen LogP contribution in [-0.4, -0.2) is 6.61 Å². The number of hydrogen-bond donors (Lipinski definition) is 0. The highest BCUT2D eigenvalue weighted by molar-refractivity contribution is 9.10. The molecular formula is C8H6BrFO. The van der Waals surface area contributed by atoms with Gasteiger partial charge in [0.05, 0.1) is 6.61 Å². The standard InChI is InChI=1S/C8H6BrFO/c9-6-3-5-1-2-11-8(5)7(10)4-6/h3-4H,1-2H2. The third-order valence-corrected chi connectivity index (χ3v) is 2.16. The normalized spacial score (nSPS) is 14.4. The lowest BCUT2D eigenvalue weighted by molar-refractivity contribution is 0.339. The second-order valence-corrected chi connectivity index (χ2v) is 3.39. The Hall–Kier alpha value is -0.570. The molecule has 0 fully saturated rings. The smallest absolute Gasteiger partial charge is 0.166 e. The molecule has 0 atom stereocenters. The molecule has 1 aliphatic rings. The molecule has 1 nitrogen and oxygen atoms in total. The van der Waals surface area contributed by atoms with E-state index in [9.17, 15) is 4.39 Å². The molecule has 0 saturated carbocycles. The quantitative estimate of drug-likeness (QED) is 0.648. The minimum Gasteiger partial charge on any atom is -0.490 e. The van der Waals surface area contributed by atoms with Crippen molar-refractivity contribution in [2.24, 2.45) is 0 Å². The van der Waals surface area contributed by atoms with Gasteiger partial charge in [0, 0.05) is 16.5 Å². The molecule has 0 N–H and O–H groups in total. The van der Waals surface area contributed by atoms with Crippen molar-refractivity contribution in [2.75, 3.05) is 6.61 Å². The van der Waals surface area contributed by atoms with E-state index in [0.717, 1.165) is 16.5 Å². The van der Waals surface area contributed by atoms with Gasteiger partial charge in [-0.3, -0.25) is 0 Å². The van der Waals surface area contributed by atoms with Crippen molar-refractivity contribution in [1.82, 2.24) is 0 Å². The summed E-state index contributed by atoms with van der Waals surface area (Å²) in [7, 11) is 0. The van der Waals surface area contributed by atoms with Crippen molar-refractivity contribution in [3.05, 3.63) is 28.0 Å². The number of rotatable bonds is 0. The van der Waals surface area contributed by atoms with Gasteiger partial charge >= 0.3 is 0 Å². The minimum atomic E-state index is -0.271. The molecule has 0 aliphatic carbocycles. The Morgan fingerprint density at radius 1 is 1.45 bits per heavy atom. The van der Waals surface area contributed by atoms with E-state index in [1.165, 1.54) is 6.07 Å². The van der Waals surface area contributed by atoms with Gasteiger partial charge in [-0.25, -0.2) is 4.39 Å². The lowest BCUT2D eigenvalue weighted by atomic mass is 10.2. The first-order valence-corrected chi connectivity index (χ1v) is 4.17. The highest BCUT2D eigenvalue weighted by Crippen LogP contribution is 2.31. The SMILES string of the molecule is Fc1cc(Br)cc2c1OCC2. The Kier molecular flexibility index (Phi) is 1.60. The lowest BCUT2D eigenvalue weighted by Crippen LogP contribution is -1.88. The van der Waals surface area contributed by atoms with Crippen LogP contribution in [0.15, 0.2) is 16.6 Å². The average Bonchev–Trinajstić information content (AvgIpc) is 2.34. The molecule has 0 amide bonds. The van der Waals surface area contributed by atoms with Crippen LogP contribution in [0.3, 0.4) is 0 Å². The summed E-state index contributed by atoms with van der Waals surface area (Å²) in [5.74, 6) is 0.153. The molecular weight excluding hydrogens is 211 g/mol. The molecule has 0 unspecified atom stereocenters. The summed E-state index contributed by atoms with van der Waals surface area (Å²) in [6, 6.07) is 3.32. The third-order valence-electron chi connectivity index (χ3n) is 1.70. The zero-order chi connectivity index (χ0) is 7.84. The summed E-state index contributed by atoms with van der Waals surface area (Å²) in [6.45, 7) is 0.600. The number of hydrogen-bond acceptors (Lipinski definition) is 1. The van der Waals surface area contributed by atoms with Gasteiger partial charge in [0.25, 0.3) is 0 Å². The van der Waals surface area contributed by atoms with Crippen LogP contribution in [0, 0.1) is 5.82 Å². The molecule has 1 aromatic carbocycles. The first-order valence-electron chi connectivity index (χ1n) is 3.38. The monoisotopic (exact) mass is 216 g/mol. The van der Waals surface area contributed by atoms with E-state index in [1.807, 2.05) is 6.07 Å². The largest absolute Gasteiger partial charge is 0.490 e. The van der Waals surface area contributed by atoms with Crippen LogP contribution in [0.5, 0.6) is 5.75 Å². The first-order chi connectivity index (χ1) is 5.27. The van der Waals surface area contributed by atoms with Crippen molar-refractivity contribution in [3.63, 3.8) is 0 Å². The molecule has 1 aliphatic heterocycles. The van der Waals surface area contributed by atoms with Gasteiger partial charge in [-0.15, -0.1) is 0 Å². The Morgan fingerprint density at radius 2 is 2.27 bits per heavy atom. The fourth-order valence-corrected chi connectivity index (χ4v) is 1.70. The second-order valence-electron chi connectivity index (χ2n) is 2.47. The lowest BCUT2D eigenvalue weighted by Gasteiger charge is -1.99. The summed E-state index contributed by atoms with van der Waals surface area (Å²) in [5.41, 5.74) is 0.955. The molecule has 0 bridgehead atoms. The van der Waals surface area contributed by atoms with Crippen molar-refractivity contribution in [2.45, 2.75) is 6.42 Å². The molecule has 11 heavy (non-hydrogen) atoms. The van der Waals surface area contributed by atoms with Gasteiger partial charge < -0.3 is 4.74 Å². The van der Waals surface area contributed by atoms with Gasteiger partial charge in [-0.05, 0) is 12.1 Å². The molecule has 58 valence electrons. The Balaban J connectivity index is 2.60. The maximum atomic E-state index is 13.0. The van der Waals surface area contributed by atoms with Crippen molar-refractivity contribution in [3.8, 4) is 5.75 Å². The summed E-state index contributed by atoms with van der Waals surface area (Å²) < 4.78 is 18.9. The molecule has 0 saturated heterocycles. The Morgan fingerprint density at radius 3 is 3.09 bits per heavy atom. The van der Waals surface area contributed by atoms with Crippen LogP contribution >= 0.6 is 15.9 Å². The molecule has 1 heterocycles. The van der Waals surface area contributed by atoms with E-state index in [2.05, 4.69) is 15.9 Å². The van der Waals surface area contributed by atoms with Crippen LogP contribution in [0.1, 0.15) is 5.56 Å². The molecule has 0 radical (unpaired) electrons. The van der Waals surface area contributed by atoms with Crippen LogP contribution in [0.25, 0.3) is 0 Å². The zero-order valence-electron chi connectivity index (χ0n) is 5.73. The average molecular weight is 217 g/mol.